The van der Waals surface area contributed by atoms with Crippen LogP contribution in [0.1, 0.15) is 50.3 Å². The van der Waals surface area contributed by atoms with Crippen molar-refractivity contribution in [3.05, 3.63) is 57.9 Å². The molecule has 0 spiro atoms. The quantitative estimate of drug-likeness (QED) is 0.703. The Morgan fingerprint density at radius 2 is 1.97 bits per heavy atom. The smallest absolute Gasteiger partial charge is 0.236 e. The number of benzene rings is 2. The SMILES string of the molecule is CCC(=O)N1CC[C@@](Nc2ccc3c(c2)N(C)C(=O)C3(C)C)(c2c(F)ccc(C)c2Cl)C1. The molecule has 1 atom stereocenters. The van der Waals surface area contributed by atoms with Crippen LogP contribution in [0.3, 0.4) is 0 Å². The van der Waals surface area contributed by atoms with Crippen LogP contribution in [0.2, 0.25) is 5.02 Å². The maximum Gasteiger partial charge on any atom is 0.236 e. The van der Waals surface area contributed by atoms with Crippen LogP contribution in [0.4, 0.5) is 15.8 Å². The van der Waals surface area contributed by atoms with Crippen molar-refractivity contribution in [3.8, 4) is 0 Å². The molecule has 0 aliphatic carbocycles. The third-order valence-corrected chi connectivity index (χ3v) is 7.43. The topological polar surface area (TPSA) is 52.7 Å². The first-order valence-corrected chi connectivity index (χ1v) is 11.3. The summed E-state index contributed by atoms with van der Waals surface area (Å²) in [5, 5.41) is 3.90. The molecule has 2 aromatic carbocycles. The van der Waals surface area contributed by atoms with Gasteiger partial charge in [-0.15, -0.1) is 0 Å². The first-order chi connectivity index (χ1) is 15.0. The molecule has 1 saturated heterocycles. The Hall–Kier alpha value is -2.60. The van der Waals surface area contributed by atoms with Gasteiger partial charge in [0.05, 0.1) is 16.0 Å². The van der Waals surface area contributed by atoms with Crippen molar-refractivity contribution in [1.29, 1.82) is 0 Å². The summed E-state index contributed by atoms with van der Waals surface area (Å²) in [5.74, 6) is -0.333. The van der Waals surface area contributed by atoms with E-state index >= 15 is 4.39 Å². The Morgan fingerprint density at radius 3 is 2.66 bits per heavy atom. The molecule has 2 aromatic rings. The minimum absolute atomic E-state index is 0.0268. The molecule has 1 N–H and O–H groups in total. The first-order valence-electron chi connectivity index (χ1n) is 11.0. The number of likely N-dealkylation sites (N-methyl/N-ethyl adjacent to an activating group) is 1. The minimum atomic E-state index is -0.872. The molecule has 2 aliphatic heterocycles. The van der Waals surface area contributed by atoms with E-state index in [1.165, 1.54) is 6.07 Å². The maximum atomic E-state index is 15.2. The highest BCUT2D eigenvalue weighted by molar-refractivity contribution is 6.32. The van der Waals surface area contributed by atoms with E-state index in [9.17, 15) is 9.59 Å². The summed E-state index contributed by atoms with van der Waals surface area (Å²) in [6, 6.07) is 8.89. The molecule has 170 valence electrons. The number of amides is 2. The van der Waals surface area contributed by atoms with Gasteiger partial charge in [0, 0.05) is 43.5 Å². The molecule has 0 aromatic heterocycles. The second-order valence-electron chi connectivity index (χ2n) is 9.40. The molecule has 0 bridgehead atoms. The number of anilines is 2. The lowest BCUT2D eigenvalue weighted by molar-refractivity contribution is -0.130. The number of aryl methyl sites for hydroxylation is 1. The van der Waals surface area contributed by atoms with Gasteiger partial charge in [-0.25, -0.2) is 4.39 Å². The monoisotopic (exact) mass is 457 g/mol. The largest absolute Gasteiger partial charge is 0.373 e. The van der Waals surface area contributed by atoms with Crippen molar-refractivity contribution in [2.75, 3.05) is 30.4 Å². The highest BCUT2D eigenvalue weighted by Crippen LogP contribution is 2.45. The van der Waals surface area contributed by atoms with Crippen LogP contribution in [0.25, 0.3) is 0 Å². The van der Waals surface area contributed by atoms with Crippen molar-refractivity contribution < 1.29 is 14.0 Å². The predicted octanol–water partition coefficient (Wildman–Crippen LogP) is 4.99. The Labute approximate surface area is 193 Å². The fraction of sp³-hybridized carbons (Fsp3) is 0.440. The molecular weight excluding hydrogens is 429 g/mol. The summed E-state index contributed by atoms with van der Waals surface area (Å²) in [6.45, 7) is 8.33. The molecule has 0 saturated carbocycles. The van der Waals surface area contributed by atoms with Gasteiger partial charge in [0.15, 0.2) is 0 Å². The van der Waals surface area contributed by atoms with Crippen LogP contribution >= 0.6 is 11.6 Å². The molecule has 32 heavy (non-hydrogen) atoms. The van der Waals surface area contributed by atoms with E-state index < -0.39 is 16.8 Å². The first kappa shape index (κ1) is 22.6. The predicted molar refractivity (Wildman–Crippen MR) is 126 cm³/mol. The fourth-order valence-corrected chi connectivity index (χ4v) is 5.38. The van der Waals surface area contributed by atoms with Gasteiger partial charge in [-0.05, 0) is 56.5 Å². The highest BCUT2D eigenvalue weighted by Gasteiger charge is 2.46. The third-order valence-electron chi connectivity index (χ3n) is 6.94. The zero-order valence-corrected chi connectivity index (χ0v) is 19.9. The van der Waals surface area contributed by atoms with Gasteiger partial charge in [0.25, 0.3) is 0 Å². The Bertz CT molecular complexity index is 1120. The van der Waals surface area contributed by atoms with Gasteiger partial charge < -0.3 is 15.1 Å². The lowest BCUT2D eigenvalue weighted by Crippen LogP contribution is -2.41. The molecule has 4 rings (SSSR count). The van der Waals surface area contributed by atoms with E-state index in [1.54, 1.807) is 22.9 Å². The maximum absolute atomic E-state index is 15.2. The van der Waals surface area contributed by atoms with Crippen LogP contribution in [-0.4, -0.2) is 36.9 Å². The van der Waals surface area contributed by atoms with E-state index in [1.807, 2.05) is 45.9 Å². The van der Waals surface area contributed by atoms with Crippen LogP contribution < -0.4 is 10.2 Å². The molecule has 0 unspecified atom stereocenters. The second-order valence-corrected chi connectivity index (χ2v) is 9.78. The molecule has 2 heterocycles. The third kappa shape index (κ3) is 3.36. The van der Waals surface area contributed by atoms with Gasteiger partial charge in [0.2, 0.25) is 11.8 Å². The molecule has 0 radical (unpaired) electrons. The van der Waals surface area contributed by atoms with Crippen molar-refractivity contribution in [2.45, 2.75) is 51.5 Å². The number of likely N-dealkylation sites (tertiary alicyclic amines) is 1. The van der Waals surface area contributed by atoms with E-state index in [0.717, 1.165) is 22.5 Å². The van der Waals surface area contributed by atoms with Gasteiger partial charge >= 0.3 is 0 Å². The Balaban J connectivity index is 1.80. The van der Waals surface area contributed by atoms with Crippen LogP contribution in [0.15, 0.2) is 30.3 Å². The van der Waals surface area contributed by atoms with E-state index in [2.05, 4.69) is 5.32 Å². The van der Waals surface area contributed by atoms with Crippen molar-refractivity contribution in [3.63, 3.8) is 0 Å². The number of nitrogens with zero attached hydrogens (tertiary/aromatic N) is 2. The summed E-state index contributed by atoms with van der Waals surface area (Å²) in [7, 11) is 1.77. The summed E-state index contributed by atoms with van der Waals surface area (Å²) in [5.41, 5.74) is 2.24. The fourth-order valence-electron chi connectivity index (χ4n) is 5.05. The van der Waals surface area contributed by atoms with Crippen LogP contribution in [0.5, 0.6) is 0 Å². The summed E-state index contributed by atoms with van der Waals surface area (Å²) < 4.78 is 15.2. The molecular formula is C25H29ClFN3O2. The molecule has 7 heteroatoms. The Morgan fingerprint density at radius 1 is 1.25 bits per heavy atom. The molecule has 1 fully saturated rings. The van der Waals surface area contributed by atoms with Gasteiger partial charge in [-0.2, -0.15) is 0 Å². The highest BCUT2D eigenvalue weighted by atomic mass is 35.5. The van der Waals surface area contributed by atoms with Crippen LogP contribution in [0, 0.1) is 12.7 Å². The zero-order valence-electron chi connectivity index (χ0n) is 19.2. The number of carbonyl (C=O) groups is 2. The van der Waals surface area contributed by atoms with E-state index in [0.29, 0.717) is 36.5 Å². The van der Waals surface area contributed by atoms with Crippen molar-refractivity contribution in [1.82, 2.24) is 4.90 Å². The number of fused-ring (bicyclic) bond motifs is 1. The number of carbonyl (C=O) groups excluding carboxylic acids is 2. The normalized spacial score (nSPS) is 21.8. The number of halogens is 2. The Kier molecular flexibility index (Phi) is 5.48. The standard InChI is InChI=1S/C25H29ClFN3O2/c1-6-20(31)30-12-11-25(14-30,21-18(27)10-7-15(2)22(21)26)28-16-8-9-17-19(13-16)29(5)23(32)24(17,3)4/h7-10,13,28H,6,11-12,14H2,1-5H3/t25-/m0/s1. The van der Waals surface area contributed by atoms with Crippen LogP contribution in [-0.2, 0) is 20.5 Å². The van der Waals surface area contributed by atoms with Gasteiger partial charge in [-0.3, -0.25) is 9.59 Å². The molecule has 2 amide bonds. The number of hydrogen-bond acceptors (Lipinski definition) is 3. The molecule has 2 aliphatic rings. The summed E-state index contributed by atoms with van der Waals surface area (Å²) in [4.78, 5) is 28.6. The average molecular weight is 458 g/mol. The molecule has 5 nitrogen and oxygen atoms in total. The zero-order chi connectivity index (χ0) is 23.4. The number of hydrogen-bond donors (Lipinski definition) is 1. The van der Waals surface area contributed by atoms with E-state index in [4.69, 9.17) is 11.6 Å². The minimum Gasteiger partial charge on any atom is -0.373 e. The summed E-state index contributed by atoms with van der Waals surface area (Å²) in [6.07, 6.45) is 0.914. The van der Waals surface area contributed by atoms with Gasteiger partial charge in [-0.1, -0.05) is 30.7 Å². The average Bonchev–Trinajstić information content (AvgIpc) is 3.25. The van der Waals surface area contributed by atoms with Crippen molar-refractivity contribution in [2.24, 2.45) is 0 Å². The van der Waals surface area contributed by atoms with Gasteiger partial charge in [0.1, 0.15) is 5.82 Å². The number of rotatable bonds is 4. The second kappa shape index (κ2) is 7.77. The lowest BCUT2D eigenvalue weighted by atomic mass is 9.85. The number of nitrogens with one attached hydrogen (secondary N) is 1. The lowest BCUT2D eigenvalue weighted by Gasteiger charge is -2.34. The van der Waals surface area contributed by atoms with Crippen molar-refractivity contribution >= 4 is 34.8 Å². The van der Waals surface area contributed by atoms with E-state index in [-0.39, 0.29) is 11.8 Å². The summed E-state index contributed by atoms with van der Waals surface area (Å²) >= 11 is 6.63.